The molecule has 0 unspecified atom stereocenters. The maximum atomic E-state index is 13.2. The van der Waals surface area contributed by atoms with Crippen LogP contribution in [0.15, 0.2) is 53.0 Å². The van der Waals surface area contributed by atoms with Crippen LogP contribution < -0.4 is 10.6 Å². The molecule has 1 saturated heterocycles. The summed E-state index contributed by atoms with van der Waals surface area (Å²) >= 11 is 3.32. The van der Waals surface area contributed by atoms with Gasteiger partial charge in [0.1, 0.15) is 12.4 Å². The first-order valence-corrected chi connectivity index (χ1v) is 9.35. The third-order valence-electron chi connectivity index (χ3n) is 4.14. The molecule has 0 bridgehead atoms. The number of hydrogen-bond donors (Lipinski definition) is 2. The van der Waals surface area contributed by atoms with Crippen molar-refractivity contribution in [3.8, 4) is 0 Å². The van der Waals surface area contributed by atoms with Crippen molar-refractivity contribution in [2.75, 3.05) is 36.8 Å². The molecule has 3 rings (SSSR count). The fourth-order valence-electron chi connectivity index (χ4n) is 2.72. The molecule has 1 heterocycles. The topological polar surface area (TPSA) is 81.8 Å². The molecule has 4 amide bonds. The van der Waals surface area contributed by atoms with E-state index in [1.54, 1.807) is 30.3 Å². The Kier molecular flexibility index (Phi) is 6.25. The van der Waals surface area contributed by atoms with Crippen LogP contribution in [0.4, 0.5) is 20.6 Å². The summed E-state index contributed by atoms with van der Waals surface area (Å²) in [6.45, 7) is 0.275. The second kappa shape index (κ2) is 8.83. The van der Waals surface area contributed by atoms with Gasteiger partial charge >= 0.3 is 6.03 Å². The summed E-state index contributed by atoms with van der Waals surface area (Å²) in [5.74, 6) is -1.21. The van der Waals surface area contributed by atoms with Crippen LogP contribution in [-0.4, -0.2) is 53.8 Å². The van der Waals surface area contributed by atoms with E-state index in [2.05, 4.69) is 26.6 Å². The van der Waals surface area contributed by atoms with Gasteiger partial charge in [-0.05, 0) is 42.5 Å². The lowest BCUT2D eigenvalue weighted by atomic mass is 10.3. The molecule has 146 valence electrons. The zero-order chi connectivity index (χ0) is 20.1. The number of anilines is 2. The summed E-state index contributed by atoms with van der Waals surface area (Å²) in [6, 6.07) is 12.2. The number of carbonyl (C=O) groups is 3. The number of nitrogens with zero attached hydrogens (tertiary/aromatic N) is 2. The first-order chi connectivity index (χ1) is 13.4. The quantitative estimate of drug-likeness (QED) is 0.754. The van der Waals surface area contributed by atoms with Crippen LogP contribution in [0, 0.1) is 5.82 Å². The Hall–Kier alpha value is -2.94. The molecule has 0 atom stereocenters. The molecule has 2 aromatic carbocycles. The van der Waals surface area contributed by atoms with Gasteiger partial charge < -0.3 is 20.4 Å². The fraction of sp³-hybridized carbons (Fsp3) is 0.211. The van der Waals surface area contributed by atoms with Gasteiger partial charge in [0, 0.05) is 28.9 Å². The fourth-order valence-corrected chi connectivity index (χ4v) is 2.99. The van der Waals surface area contributed by atoms with Crippen molar-refractivity contribution in [2.45, 2.75) is 0 Å². The Bertz CT molecular complexity index is 891. The van der Waals surface area contributed by atoms with E-state index in [0.29, 0.717) is 17.9 Å². The highest BCUT2D eigenvalue weighted by atomic mass is 79.9. The molecule has 0 radical (unpaired) electrons. The molecule has 0 spiro atoms. The van der Waals surface area contributed by atoms with E-state index in [9.17, 15) is 18.8 Å². The predicted molar refractivity (Wildman–Crippen MR) is 106 cm³/mol. The first-order valence-electron chi connectivity index (χ1n) is 8.55. The van der Waals surface area contributed by atoms with Crippen molar-refractivity contribution in [1.82, 2.24) is 9.80 Å². The molecule has 0 aromatic heterocycles. The highest BCUT2D eigenvalue weighted by Gasteiger charge is 2.28. The number of piperazine rings is 1. The summed E-state index contributed by atoms with van der Waals surface area (Å²) in [5.41, 5.74) is 0.947. The average Bonchev–Trinajstić information content (AvgIpc) is 2.65. The van der Waals surface area contributed by atoms with Gasteiger partial charge in [0.2, 0.25) is 11.8 Å². The minimum atomic E-state index is -0.459. The number of halogens is 2. The van der Waals surface area contributed by atoms with Gasteiger partial charge in [-0.15, -0.1) is 0 Å². The van der Waals surface area contributed by atoms with Crippen molar-refractivity contribution < 1.29 is 18.8 Å². The summed E-state index contributed by atoms with van der Waals surface area (Å²) in [4.78, 5) is 39.5. The number of amides is 4. The highest BCUT2D eigenvalue weighted by molar-refractivity contribution is 9.10. The number of urea groups is 1. The van der Waals surface area contributed by atoms with Crippen LogP contribution in [0.5, 0.6) is 0 Å². The Labute approximate surface area is 169 Å². The summed E-state index contributed by atoms with van der Waals surface area (Å²) < 4.78 is 14.1. The molecule has 1 fully saturated rings. The molecule has 1 aliphatic heterocycles. The van der Waals surface area contributed by atoms with Crippen molar-refractivity contribution >= 4 is 45.2 Å². The number of rotatable bonds is 4. The van der Waals surface area contributed by atoms with E-state index in [1.165, 1.54) is 28.0 Å². The maximum Gasteiger partial charge on any atom is 0.322 e. The SMILES string of the molecule is O=C(CN1CCN(C(=O)Nc2ccc(Br)cc2)CC1=O)Nc1cccc(F)c1. The van der Waals surface area contributed by atoms with E-state index in [-0.39, 0.29) is 31.6 Å². The van der Waals surface area contributed by atoms with Crippen molar-refractivity contribution in [2.24, 2.45) is 0 Å². The lowest BCUT2D eigenvalue weighted by Gasteiger charge is -2.33. The largest absolute Gasteiger partial charge is 0.330 e. The van der Waals surface area contributed by atoms with Crippen LogP contribution >= 0.6 is 15.9 Å². The zero-order valence-corrected chi connectivity index (χ0v) is 16.4. The van der Waals surface area contributed by atoms with Gasteiger partial charge in [-0.1, -0.05) is 22.0 Å². The van der Waals surface area contributed by atoms with Gasteiger partial charge in [-0.3, -0.25) is 9.59 Å². The molecule has 7 nitrogen and oxygen atoms in total. The Morgan fingerprint density at radius 3 is 2.46 bits per heavy atom. The highest BCUT2D eigenvalue weighted by Crippen LogP contribution is 2.15. The molecule has 9 heteroatoms. The number of hydrogen-bond acceptors (Lipinski definition) is 3. The van der Waals surface area contributed by atoms with E-state index in [1.807, 2.05) is 0 Å². The smallest absolute Gasteiger partial charge is 0.322 e. The van der Waals surface area contributed by atoms with Gasteiger partial charge in [0.15, 0.2) is 0 Å². The van der Waals surface area contributed by atoms with E-state index in [0.717, 1.165) is 4.47 Å². The van der Waals surface area contributed by atoms with E-state index < -0.39 is 11.7 Å². The van der Waals surface area contributed by atoms with Gasteiger partial charge in [0.25, 0.3) is 0 Å². The number of carbonyl (C=O) groups excluding carboxylic acids is 3. The minimum absolute atomic E-state index is 0.115. The summed E-state index contributed by atoms with van der Waals surface area (Å²) in [6.07, 6.45) is 0. The molecule has 0 saturated carbocycles. The molecule has 28 heavy (non-hydrogen) atoms. The molecule has 0 aliphatic carbocycles. The Morgan fingerprint density at radius 1 is 1.04 bits per heavy atom. The van der Waals surface area contributed by atoms with Crippen LogP contribution in [0.2, 0.25) is 0 Å². The summed E-state index contributed by atoms with van der Waals surface area (Å²) in [7, 11) is 0. The first kappa shape index (κ1) is 19.8. The Balaban J connectivity index is 1.50. The minimum Gasteiger partial charge on any atom is -0.330 e. The number of nitrogens with one attached hydrogen (secondary N) is 2. The van der Waals surface area contributed by atoms with Crippen LogP contribution in [0.25, 0.3) is 0 Å². The van der Waals surface area contributed by atoms with Crippen molar-refractivity contribution in [3.05, 3.63) is 58.8 Å². The molecular formula is C19H18BrFN4O3. The predicted octanol–water partition coefficient (Wildman–Crippen LogP) is 2.90. The zero-order valence-electron chi connectivity index (χ0n) is 14.8. The number of benzene rings is 2. The summed E-state index contributed by atoms with van der Waals surface area (Å²) in [5, 5.41) is 5.29. The maximum absolute atomic E-state index is 13.2. The van der Waals surface area contributed by atoms with Crippen LogP contribution in [0.1, 0.15) is 0 Å². The molecule has 2 N–H and O–H groups in total. The third-order valence-corrected chi connectivity index (χ3v) is 4.67. The Morgan fingerprint density at radius 2 is 1.79 bits per heavy atom. The van der Waals surface area contributed by atoms with Crippen LogP contribution in [-0.2, 0) is 9.59 Å². The monoisotopic (exact) mass is 448 g/mol. The molecule has 1 aliphatic rings. The normalized spacial score (nSPS) is 14.0. The second-order valence-corrected chi connectivity index (χ2v) is 7.15. The van der Waals surface area contributed by atoms with Crippen LogP contribution in [0.3, 0.4) is 0 Å². The lowest BCUT2D eigenvalue weighted by Crippen LogP contribution is -2.54. The molecule has 2 aromatic rings. The lowest BCUT2D eigenvalue weighted by molar-refractivity contribution is -0.137. The second-order valence-electron chi connectivity index (χ2n) is 6.23. The van der Waals surface area contributed by atoms with E-state index >= 15 is 0 Å². The standard InChI is InChI=1S/C19H18BrFN4O3/c20-13-4-6-15(7-5-13)23-19(28)25-9-8-24(18(27)12-25)11-17(26)22-16-3-1-2-14(21)10-16/h1-7,10H,8-9,11-12H2,(H,22,26)(H,23,28). The van der Waals surface area contributed by atoms with Gasteiger partial charge in [-0.25, -0.2) is 9.18 Å². The third kappa shape index (κ3) is 5.29. The molecular weight excluding hydrogens is 431 g/mol. The van der Waals surface area contributed by atoms with E-state index in [4.69, 9.17) is 0 Å². The van der Waals surface area contributed by atoms with Crippen molar-refractivity contribution in [1.29, 1.82) is 0 Å². The average molecular weight is 449 g/mol. The van der Waals surface area contributed by atoms with Gasteiger partial charge in [-0.2, -0.15) is 0 Å². The van der Waals surface area contributed by atoms with Gasteiger partial charge in [0.05, 0.1) is 6.54 Å². The van der Waals surface area contributed by atoms with Crippen molar-refractivity contribution in [3.63, 3.8) is 0 Å².